The number of nitrogens with zero attached hydrogens (tertiary/aromatic N) is 2. The number of hydrogen-bond acceptors (Lipinski definition) is 2. The predicted octanol–water partition coefficient (Wildman–Crippen LogP) is 5.50. The number of ether oxygens (including phenoxy) is 1. The summed E-state index contributed by atoms with van der Waals surface area (Å²) in [7, 11) is 1.65. The molecular formula is C24H31F3N2O2. The summed E-state index contributed by atoms with van der Waals surface area (Å²) >= 11 is 0. The topological polar surface area (TPSA) is 34.5 Å². The van der Waals surface area contributed by atoms with Crippen LogP contribution in [0, 0.1) is 5.92 Å². The summed E-state index contributed by atoms with van der Waals surface area (Å²) in [6, 6.07) is 9.22. The fraction of sp³-hybridized carbons (Fsp3) is 0.542. The van der Waals surface area contributed by atoms with Crippen molar-refractivity contribution in [2.45, 2.75) is 57.8 Å². The van der Waals surface area contributed by atoms with Gasteiger partial charge < -0.3 is 14.2 Å². The zero-order valence-corrected chi connectivity index (χ0v) is 18.0. The van der Waals surface area contributed by atoms with Crippen LogP contribution >= 0.6 is 0 Å². The van der Waals surface area contributed by atoms with Gasteiger partial charge in [0.2, 0.25) is 5.91 Å². The van der Waals surface area contributed by atoms with Crippen LogP contribution < -0.4 is 0 Å². The average Bonchev–Trinajstić information content (AvgIpc) is 3.19. The first-order valence-electron chi connectivity index (χ1n) is 11.0. The summed E-state index contributed by atoms with van der Waals surface area (Å²) in [5.74, 6) is 0.255. The molecule has 1 amide bonds. The van der Waals surface area contributed by atoms with Gasteiger partial charge in [0.25, 0.3) is 0 Å². The highest BCUT2D eigenvalue weighted by atomic mass is 19.4. The van der Waals surface area contributed by atoms with Crippen LogP contribution in [0.2, 0.25) is 0 Å². The predicted molar refractivity (Wildman–Crippen MR) is 113 cm³/mol. The van der Waals surface area contributed by atoms with Crippen LogP contribution in [0.5, 0.6) is 0 Å². The molecule has 0 spiro atoms. The van der Waals surface area contributed by atoms with Crippen LogP contribution in [0.3, 0.4) is 0 Å². The van der Waals surface area contributed by atoms with Gasteiger partial charge in [-0.05, 0) is 49.1 Å². The third-order valence-electron chi connectivity index (χ3n) is 5.93. The summed E-state index contributed by atoms with van der Waals surface area (Å²) in [5, 5.41) is 0. The van der Waals surface area contributed by atoms with Crippen molar-refractivity contribution in [1.82, 2.24) is 9.47 Å². The number of halogens is 3. The van der Waals surface area contributed by atoms with Crippen LogP contribution in [0.4, 0.5) is 13.2 Å². The van der Waals surface area contributed by atoms with Crippen molar-refractivity contribution in [3.05, 3.63) is 59.4 Å². The van der Waals surface area contributed by atoms with E-state index in [0.29, 0.717) is 31.8 Å². The molecule has 31 heavy (non-hydrogen) atoms. The second-order valence-corrected chi connectivity index (χ2v) is 8.27. The van der Waals surface area contributed by atoms with E-state index in [1.54, 1.807) is 13.2 Å². The third kappa shape index (κ3) is 6.60. The third-order valence-corrected chi connectivity index (χ3v) is 5.93. The van der Waals surface area contributed by atoms with Gasteiger partial charge in [-0.1, -0.05) is 31.4 Å². The highest BCUT2D eigenvalue weighted by molar-refractivity contribution is 5.78. The van der Waals surface area contributed by atoms with E-state index in [2.05, 4.69) is 0 Å². The van der Waals surface area contributed by atoms with Gasteiger partial charge in [0, 0.05) is 44.6 Å². The lowest BCUT2D eigenvalue weighted by Crippen LogP contribution is -2.38. The molecule has 0 radical (unpaired) electrons. The van der Waals surface area contributed by atoms with Crippen LogP contribution in [0.25, 0.3) is 0 Å². The van der Waals surface area contributed by atoms with E-state index in [9.17, 15) is 18.0 Å². The van der Waals surface area contributed by atoms with Crippen LogP contribution in [0.1, 0.15) is 55.3 Å². The number of amides is 1. The van der Waals surface area contributed by atoms with Crippen LogP contribution in [-0.4, -0.2) is 35.6 Å². The zero-order chi connectivity index (χ0) is 22.3. The van der Waals surface area contributed by atoms with Gasteiger partial charge >= 0.3 is 6.18 Å². The summed E-state index contributed by atoms with van der Waals surface area (Å²) in [4.78, 5) is 15.1. The van der Waals surface area contributed by atoms with Crippen molar-refractivity contribution >= 4 is 5.91 Å². The minimum atomic E-state index is -4.36. The van der Waals surface area contributed by atoms with Gasteiger partial charge in [-0.2, -0.15) is 13.2 Å². The quantitative estimate of drug-likeness (QED) is 0.487. The monoisotopic (exact) mass is 436 g/mol. The first kappa shape index (κ1) is 23.4. The molecule has 1 aromatic carbocycles. The fourth-order valence-electron chi connectivity index (χ4n) is 4.26. The van der Waals surface area contributed by atoms with Crippen molar-refractivity contribution in [2.75, 3.05) is 20.3 Å². The van der Waals surface area contributed by atoms with Crippen molar-refractivity contribution in [2.24, 2.45) is 5.92 Å². The number of carbonyl (C=O) groups is 1. The van der Waals surface area contributed by atoms with E-state index in [1.807, 2.05) is 27.8 Å². The molecule has 0 N–H and O–H groups in total. The van der Waals surface area contributed by atoms with E-state index < -0.39 is 11.7 Å². The summed E-state index contributed by atoms with van der Waals surface area (Å²) in [6.07, 6.45) is 3.49. The maximum atomic E-state index is 13.2. The van der Waals surface area contributed by atoms with Gasteiger partial charge in [0.05, 0.1) is 12.1 Å². The minimum Gasteiger partial charge on any atom is -0.385 e. The molecule has 7 heteroatoms. The number of hydrogen-bond donors (Lipinski definition) is 0. The summed E-state index contributed by atoms with van der Waals surface area (Å²) < 4.78 is 46.2. The highest BCUT2D eigenvalue weighted by Gasteiger charge is 2.30. The Hall–Kier alpha value is -2.28. The van der Waals surface area contributed by atoms with E-state index >= 15 is 0 Å². The largest absolute Gasteiger partial charge is 0.416 e. The smallest absolute Gasteiger partial charge is 0.385 e. The second-order valence-electron chi connectivity index (χ2n) is 8.27. The molecule has 0 unspecified atom stereocenters. The molecule has 1 aliphatic carbocycles. The van der Waals surface area contributed by atoms with Gasteiger partial charge in [-0.25, -0.2) is 0 Å². The first-order chi connectivity index (χ1) is 14.9. The van der Waals surface area contributed by atoms with Crippen molar-refractivity contribution < 1.29 is 22.7 Å². The Labute approximate surface area is 182 Å². The van der Waals surface area contributed by atoms with Crippen molar-refractivity contribution in [3.8, 4) is 0 Å². The number of methoxy groups -OCH3 is 1. The maximum Gasteiger partial charge on any atom is 0.416 e. The van der Waals surface area contributed by atoms with Gasteiger partial charge in [-0.15, -0.1) is 0 Å². The Bertz CT molecular complexity index is 841. The molecule has 0 saturated heterocycles. The molecule has 1 aliphatic rings. The zero-order valence-electron chi connectivity index (χ0n) is 18.0. The second kappa shape index (κ2) is 10.8. The lowest BCUT2D eigenvalue weighted by atomic mass is 9.88. The molecule has 170 valence electrons. The lowest BCUT2D eigenvalue weighted by Gasteiger charge is -2.30. The van der Waals surface area contributed by atoms with Crippen LogP contribution in [-0.2, 0) is 28.8 Å². The number of carbonyl (C=O) groups excluding carboxylic acids is 1. The van der Waals surface area contributed by atoms with Gasteiger partial charge in [0.15, 0.2) is 0 Å². The van der Waals surface area contributed by atoms with E-state index in [0.717, 1.165) is 43.9 Å². The number of alkyl halides is 3. The highest BCUT2D eigenvalue weighted by Crippen LogP contribution is 2.30. The standard InChI is InChI=1S/C24H31F3N2O2/c1-31-15-7-14-29(23(30)20-9-3-2-4-10-20)18-22-12-6-13-28(22)17-19-8-5-11-21(16-19)24(25,26)27/h5-6,8,11-13,16,20H,2-4,7,9-10,14-15,17-18H2,1H3. The summed E-state index contributed by atoms with van der Waals surface area (Å²) in [5.41, 5.74) is 0.850. The lowest BCUT2D eigenvalue weighted by molar-refractivity contribution is -0.138. The summed E-state index contributed by atoms with van der Waals surface area (Å²) in [6.45, 7) is 1.97. The fourth-order valence-corrected chi connectivity index (χ4v) is 4.26. The molecule has 3 rings (SSSR count). The maximum absolute atomic E-state index is 13.2. The molecule has 1 saturated carbocycles. The molecule has 1 aromatic heterocycles. The van der Waals surface area contributed by atoms with E-state index in [4.69, 9.17) is 4.74 Å². The Morgan fingerprint density at radius 3 is 2.65 bits per heavy atom. The van der Waals surface area contributed by atoms with Crippen molar-refractivity contribution in [3.63, 3.8) is 0 Å². The molecule has 0 aliphatic heterocycles. The Balaban J connectivity index is 1.73. The molecule has 2 aromatic rings. The number of aromatic nitrogens is 1. The SMILES string of the molecule is COCCCN(Cc1cccn1Cc1cccc(C(F)(F)F)c1)C(=O)C1CCCCC1. The molecule has 1 fully saturated rings. The molecule has 0 bridgehead atoms. The molecule has 1 heterocycles. The minimum absolute atomic E-state index is 0.0724. The van der Waals surface area contributed by atoms with E-state index in [-0.39, 0.29) is 11.8 Å². The Morgan fingerprint density at radius 2 is 1.94 bits per heavy atom. The van der Waals surface area contributed by atoms with Crippen LogP contribution in [0.15, 0.2) is 42.6 Å². The van der Waals surface area contributed by atoms with Crippen molar-refractivity contribution in [1.29, 1.82) is 0 Å². The first-order valence-corrected chi connectivity index (χ1v) is 11.0. The molecule has 4 nitrogen and oxygen atoms in total. The number of benzene rings is 1. The van der Waals surface area contributed by atoms with Gasteiger partial charge in [-0.3, -0.25) is 4.79 Å². The van der Waals surface area contributed by atoms with E-state index in [1.165, 1.54) is 18.6 Å². The Morgan fingerprint density at radius 1 is 1.16 bits per heavy atom. The van der Waals surface area contributed by atoms with Gasteiger partial charge in [0.1, 0.15) is 0 Å². The molecule has 0 atom stereocenters. The normalized spacial score (nSPS) is 15.2. The molecular weight excluding hydrogens is 405 g/mol. The Kier molecular flexibility index (Phi) is 8.18. The number of rotatable bonds is 9. The average molecular weight is 437 g/mol.